The number of imidazole rings is 1. The van der Waals surface area contributed by atoms with Gasteiger partial charge in [-0.3, -0.25) is 0 Å². The Bertz CT molecular complexity index is 803. The second-order valence-corrected chi connectivity index (χ2v) is 9.35. The highest BCUT2D eigenvalue weighted by Gasteiger charge is 2.27. The number of fused-ring (bicyclic) bond motifs is 1. The molecule has 0 bridgehead atoms. The molecule has 1 saturated heterocycles. The molecule has 2 aromatic rings. The second kappa shape index (κ2) is 7.65. The Hall–Kier alpha value is -1.74. The fourth-order valence-electron chi connectivity index (χ4n) is 2.81. The molecule has 2 N–H and O–H groups in total. The summed E-state index contributed by atoms with van der Waals surface area (Å²) in [5.74, 6) is 1.67. The molecule has 1 aliphatic heterocycles. The maximum atomic E-state index is 12.5. The molecule has 136 valence electrons. The molecule has 2 heterocycles. The molecule has 2 amide bonds. The molecular formula is C16H22N4O3S2. The summed E-state index contributed by atoms with van der Waals surface area (Å²) in [7, 11) is -3.00. The van der Waals surface area contributed by atoms with E-state index in [-0.39, 0.29) is 36.7 Å². The lowest BCUT2D eigenvalue weighted by atomic mass is 10.2. The molecule has 1 aromatic carbocycles. The van der Waals surface area contributed by atoms with E-state index in [1.54, 1.807) is 16.7 Å². The highest BCUT2D eigenvalue weighted by Crippen LogP contribution is 2.20. The third-order valence-electron chi connectivity index (χ3n) is 4.28. The van der Waals surface area contributed by atoms with Gasteiger partial charge < -0.3 is 15.2 Å². The van der Waals surface area contributed by atoms with Crippen LogP contribution in [0.5, 0.6) is 0 Å². The Morgan fingerprint density at radius 3 is 2.76 bits per heavy atom. The minimum atomic E-state index is -3.00. The van der Waals surface area contributed by atoms with Crippen molar-refractivity contribution >= 4 is 38.7 Å². The molecule has 0 radical (unpaired) electrons. The summed E-state index contributed by atoms with van der Waals surface area (Å²) in [4.78, 5) is 22.0. The molecule has 0 saturated carbocycles. The number of amides is 2. The van der Waals surface area contributed by atoms with Gasteiger partial charge in [-0.25, -0.2) is 18.2 Å². The number of hydrogen-bond donors (Lipinski definition) is 2. The summed E-state index contributed by atoms with van der Waals surface area (Å²) in [6.07, 6.45) is 2.77. The molecule has 3 rings (SSSR count). The van der Waals surface area contributed by atoms with Crippen molar-refractivity contribution in [3.63, 3.8) is 0 Å². The first-order valence-electron chi connectivity index (χ1n) is 8.18. The molecule has 1 unspecified atom stereocenters. The van der Waals surface area contributed by atoms with E-state index in [0.29, 0.717) is 0 Å². The van der Waals surface area contributed by atoms with E-state index in [1.807, 2.05) is 30.5 Å². The molecule has 7 nitrogen and oxygen atoms in total. The van der Waals surface area contributed by atoms with Gasteiger partial charge in [0.25, 0.3) is 0 Å². The first-order chi connectivity index (χ1) is 12.0. The Morgan fingerprint density at radius 1 is 1.36 bits per heavy atom. The van der Waals surface area contributed by atoms with Gasteiger partial charge >= 0.3 is 6.03 Å². The van der Waals surface area contributed by atoms with E-state index in [9.17, 15) is 13.2 Å². The predicted molar refractivity (Wildman–Crippen MR) is 101 cm³/mol. The van der Waals surface area contributed by atoms with Gasteiger partial charge in [-0.1, -0.05) is 12.1 Å². The van der Waals surface area contributed by atoms with E-state index < -0.39 is 9.84 Å². The van der Waals surface area contributed by atoms with E-state index in [0.717, 1.165) is 29.0 Å². The van der Waals surface area contributed by atoms with Gasteiger partial charge in [0.2, 0.25) is 0 Å². The summed E-state index contributed by atoms with van der Waals surface area (Å²) < 4.78 is 23.1. The number of urea groups is 1. The first kappa shape index (κ1) is 18.1. The lowest BCUT2D eigenvalue weighted by Gasteiger charge is -2.28. The van der Waals surface area contributed by atoms with Crippen LogP contribution in [-0.2, 0) is 9.84 Å². The third kappa shape index (κ3) is 4.46. The van der Waals surface area contributed by atoms with Crippen molar-refractivity contribution in [2.45, 2.75) is 12.5 Å². The second-order valence-electron chi connectivity index (χ2n) is 6.06. The minimum Gasteiger partial charge on any atom is -0.340 e. The standard InChI is InChI=1S/C16H22N4O3S2/c1-24-9-6-14(15-17-12-4-2-3-5-13(12)18-15)19-16(21)20-7-10-25(22,23)11-8-20/h2-5,14H,6-11H2,1H3,(H,17,18)(H,19,21). The Morgan fingerprint density at radius 2 is 2.08 bits per heavy atom. The van der Waals surface area contributed by atoms with Crippen LogP contribution < -0.4 is 5.32 Å². The van der Waals surface area contributed by atoms with Gasteiger partial charge in [0.1, 0.15) is 5.82 Å². The molecule has 25 heavy (non-hydrogen) atoms. The quantitative estimate of drug-likeness (QED) is 0.822. The zero-order valence-corrected chi connectivity index (χ0v) is 15.7. The smallest absolute Gasteiger partial charge is 0.318 e. The van der Waals surface area contributed by atoms with Crippen LogP contribution in [0.2, 0.25) is 0 Å². The number of carbonyl (C=O) groups is 1. The number of nitrogens with one attached hydrogen (secondary N) is 2. The number of thioether (sulfide) groups is 1. The number of aromatic nitrogens is 2. The maximum absolute atomic E-state index is 12.5. The topological polar surface area (TPSA) is 95.2 Å². The van der Waals surface area contributed by atoms with Crippen molar-refractivity contribution in [1.29, 1.82) is 0 Å². The van der Waals surface area contributed by atoms with Crippen LogP contribution in [-0.4, -0.2) is 65.9 Å². The zero-order valence-electron chi connectivity index (χ0n) is 14.1. The average Bonchev–Trinajstić information content (AvgIpc) is 3.02. The molecule has 1 fully saturated rings. The molecule has 0 spiro atoms. The van der Waals surface area contributed by atoms with Crippen molar-refractivity contribution < 1.29 is 13.2 Å². The molecule has 1 aliphatic rings. The molecule has 1 aromatic heterocycles. The summed E-state index contributed by atoms with van der Waals surface area (Å²) in [6.45, 7) is 0.479. The van der Waals surface area contributed by atoms with Crippen molar-refractivity contribution in [3.05, 3.63) is 30.1 Å². The molecule has 1 atom stereocenters. The predicted octanol–water partition coefficient (Wildman–Crippen LogP) is 1.80. The lowest BCUT2D eigenvalue weighted by Crippen LogP contribution is -2.49. The summed E-state index contributed by atoms with van der Waals surface area (Å²) in [5.41, 5.74) is 1.80. The summed E-state index contributed by atoms with van der Waals surface area (Å²) in [6, 6.07) is 7.28. The Balaban J connectivity index is 1.73. The van der Waals surface area contributed by atoms with Gasteiger partial charge in [-0.2, -0.15) is 11.8 Å². The number of para-hydroxylation sites is 2. The number of rotatable bonds is 5. The van der Waals surface area contributed by atoms with Crippen LogP contribution in [0.25, 0.3) is 11.0 Å². The average molecular weight is 383 g/mol. The number of benzene rings is 1. The van der Waals surface area contributed by atoms with Crippen molar-refractivity contribution in [2.75, 3.05) is 36.6 Å². The zero-order chi connectivity index (χ0) is 17.9. The minimum absolute atomic E-state index is 0.0283. The number of carbonyl (C=O) groups excluding carboxylic acids is 1. The van der Waals surface area contributed by atoms with Crippen LogP contribution in [0.4, 0.5) is 4.79 Å². The number of aromatic amines is 1. The monoisotopic (exact) mass is 382 g/mol. The van der Waals surface area contributed by atoms with Crippen LogP contribution in [0.3, 0.4) is 0 Å². The maximum Gasteiger partial charge on any atom is 0.318 e. The summed E-state index contributed by atoms with van der Waals surface area (Å²) >= 11 is 1.71. The molecule has 0 aliphatic carbocycles. The Kier molecular flexibility index (Phi) is 5.53. The van der Waals surface area contributed by atoms with Gasteiger partial charge in [-0.05, 0) is 30.6 Å². The number of sulfone groups is 1. The summed E-state index contributed by atoms with van der Waals surface area (Å²) in [5, 5.41) is 3.01. The van der Waals surface area contributed by atoms with Gasteiger partial charge in [0.05, 0.1) is 28.6 Å². The van der Waals surface area contributed by atoms with Crippen LogP contribution >= 0.6 is 11.8 Å². The number of H-pyrrole nitrogens is 1. The van der Waals surface area contributed by atoms with Crippen molar-refractivity contribution in [2.24, 2.45) is 0 Å². The third-order valence-corrected chi connectivity index (χ3v) is 6.53. The van der Waals surface area contributed by atoms with Crippen molar-refractivity contribution in [1.82, 2.24) is 20.2 Å². The van der Waals surface area contributed by atoms with Crippen LogP contribution in [0, 0.1) is 0 Å². The highest BCUT2D eigenvalue weighted by atomic mass is 32.2. The number of hydrogen-bond acceptors (Lipinski definition) is 5. The van der Waals surface area contributed by atoms with Gasteiger partial charge in [-0.15, -0.1) is 0 Å². The lowest BCUT2D eigenvalue weighted by molar-refractivity contribution is 0.197. The fourth-order valence-corrected chi connectivity index (χ4v) is 4.48. The van der Waals surface area contributed by atoms with Gasteiger partial charge in [0, 0.05) is 13.1 Å². The molecule has 9 heteroatoms. The first-order valence-corrected chi connectivity index (χ1v) is 11.4. The van der Waals surface area contributed by atoms with Crippen LogP contribution in [0.15, 0.2) is 24.3 Å². The van der Waals surface area contributed by atoms with E-state index in [2.05, 4.69) is 15.3 Å². The SMILES string of the molecule is CSCCC(NC(=O)N1CCS(=O)(=O)CC1)c1nc2ccccc2[nH]1. The van der Waals surface area contributed by atoms with Gasteiger partial charge in [0.15, 0.2) is 9.84 Å². The van der Waals surface area contributed by atoms with E-state index >= 15 is 0 Å². The van der Waals surface area contributed by atoms with E-state index in [1.165, 1.54) is 0 Å². The van der Waals surface area contributed by atoms with Crippen LogP contribution in [0.1, 0.15) is 18.3 Å². The normalized spacial score (nSPS) is 18.2. The highest BCUT2D eigenvalue weighted by molar-refractivity contribution is 7.98. The Labute approximate surface area is 151 Å². The largest absolute Gasteiger partial charge is 0.340 e. The van der Waals surface area contributed by atoms with Crippen molar-refractivity contribution in [3.8, 4) is 0 Å². The van der Waals surface area contributed by atoms with E-state index in [4.69, 9.17) is 0 Å². The molecular weight excluding hydrogens is 360 g/mol. The fraction of sp³-hybridized carbons (Fsp3) is 0.500. The number of nitrogens with zero attached hydrogens (tertiary/aromatic N) is 2.